The summed E-state index contributed by atoms with van der Waals surface area (Å²) in [6.45, 7) is 2.37. The van der Waals surface area contributed by atoms with Crippen LogP contribution in [0.1, 0.15) is 42.5 Å². The van der Waals surface area contributed by atoms with Gasteiger partial charge in [0, 0.05) is 25.2 Å². The first-order chi connectivity index (χ1) is 10.7. The van der Waals surface area contributed by atoms with Gasteiger partial charge < -0.3 is 10.6 Å². The normalized spacial score (nSPS) is 16.9. The van der Waals surface area contributed by atoms with Gasteiger partial charge in [-0.05, 0) is 48.1 Å². The topological polar surface area (TPSA) is 41.1 Å². The SMILES string of the molecule is CC(=O)Nc1ccc(CN[C@H]2CCCc3ccccc32)cc1. The Morgan fingerprint density at radius 2 is 1.91 bits per heavy atom. The zero-order chi connectivity index (χ0) is 15.4. The Kier molecular flexibility index (Phi) is 4.54. The monoisotopic (exact) mass is 294 g/mol. The average Bonchev–Trinajstić information content (AvgIpc) is 2.54. The van der Waals surface area contributed by atoms with Crippen LogP contribution in [0.5, 0.6) is 0 Å². The number of fused-ring (bicyclic) bond motifs is 1. The quantitative estimate of drug-likeness (QED) is 0.900. The number of amides is 1. The van der Waals surface area contributed by atoms with Gasteiger partial charge in [0.25, 0.3) is 0 Å². The van der Waals surface area contributed by atoms with Gasteiger partial charge in [-0.1, -0.05) is 36.4 Å². The molecule has 0 radical (unpaired) electrons. The Labute approximate surface area is 131 Å². The second-order valence-electron chi connectivity index (χ2n) is 5.90. The van der Waals surface area contributed by atoms with Gasteiger partial charge in [0.15, 0.2) is 0 Å². The number of hydrogen-bond acceptors (Lipinski definition) is 2. The molecule has 0 spiro atoms. The summed E-state index contributed by atoms with van der Waals surface area (Å²) in [5.41, 5.74) is 5.01. The fraction of sp³-hybridized carbons (Fsp3) is 0.316. The highest BCUT2D eigenvalue weighted by Gasteiger charge is 2.18. The molecule has 0 saturated heterocycles. The van der Waals surface area contributed by atoms with Crippen molar-refractivity contribution in [1.82, 2.24) is 5.32 Å². The Hall–Kier alpha value is -2.13. The van der Waals surface area contributed by atoms with Crippen LogP contribution in [-0.4, -0.2) is 5.91 Å². The average molecular weight is 294 g/mol. The fourth-order valence-corrected chi connectivity index (χ4v) is 3.12. The van der Waals surface area contributed by atoms with Gasteiger partial charge in [0.05, 0.1) is 0 Å². The Morgan fingerprint density at radius 3 is 2.68 bits per heavy atom. The van der Waals surface area contributed by atoms with E-state index in [1.165, 1.54) is 42.9 Å². The molecule has 3 heteroatoms. The number of rotatable bonds is 4. The summed E-state index contributed by atoms with van der Waals surface area (Å²) >= 11 is 0. The minimum atomic E-state index is -0.0373. The van der Waals surface area contributed by atoms with Crippen LogP contribution in [0.3, 0.4) is 0 Å². The highest BCUT2D eigenvalue weighted by molar-refractivity contribution is 5.88. The lowest BCUT2D eigenvalue weighted by Gasteiger charge is -2.26. The van der Waals surface area contributed by atoms with E-state index >= 15 is 0 Å². The summed E-state index contributed by atoms with van der Waals surface area (Å²) in [5, 5.41) is 6.46. The zero-order valence-corrected chi connectivity index (χ0v) is 12.9. The number of benzene rings is 2. The van der Waals surface area contributed by atoms with Crippen molar-refractivity contribution < 1.29 is 4.79 Å². The number of anilines is 1. The van der Waals surface area contributed by atoms with Crippen molar-refractivity contribution in [3.63, 3.8) is 0 Å². The maximum atomic E-state index is 11.0. The molecular weight excluding hydrogens is 272 g/mol. The van der Waals surface area contributed by atoms with Crippen LogP contribution in [0.25, 0.3) is 0 Å². The molecule has 0 fully saturated rings. The van der Waals surface area contributed by atoms with E-state index in [9.17, 15) is 4.79 Å². The molecule has 2 aromatic rings. The number of hydrogen-bond donors (Lipinski definition) is 2. The molecule has 114 valence electrons. The smallest absolute Gasteiger partial charge is 0.221 e. The highest BCUT2D eigenvalue weighted by atomic mass is 16.1. The maximum Gasteiger partial charge on any atom is 0.221 e. The molecule has 3 rings (SSSR count). The van der Waals surface area contributed by atoms with Crippen LogP contribution >= 0.6 is 0 Å². The van der Waals surface area contributed by atoms with Crippen LogP contribution in [0.2, 0.25) is 0 Å². The molecule has 0 heterocycles. The van der Waals surface area contributed by atoms with Gasteiger partial charge in [-0.25, -0.2) is 0 Å². The second kappa shape index (κ2) is 6.75. The third kappa shape index (κ3) is 3.55. The molecule has 2 N–H and O–H groups in total. The standard InChI is InChI=1S/C19H22N2O/c1-14(22)21-17-11-9-15(10-12-17)13-20-19-8-4-6-16-5-2-3-7-18(16)19/h2-3,5,7,9-12,19-20H,4,6,8,13H2,1H3,(H,21,22)/t19-/m0/s1. The second-order valence-corrected chi connectivity index (χ2v) is 5.90. The van der Waals surface area contributed by atoms with Gasteiger partial charge in [0.2, 0.25) is 5.91 Å². The van der Waals surface area contributed by atoms with Gasteiger partial charge in [-0.2, -0.15) is 0 Å². The first kappa shape index (κ1) is 14.8. The lowest BCUT2D eigenvalue weighted by Crippen LogP contribution is -2.24. The van der Waals surface area contributed by atoms with E-state index in [0.717, 1.165) is 12.2 Å². The fourth-order valence-electron chi connectivity index (χ4n) is 3.12. The number of carbonyl (C=O) groups excluding carboxylic acids is 1. The predicted octanol–water partition coefficient (Wildman–Crippen LogP) is 3.81. The predicted molar refractivity (Wildman–Crippen MR) is 89.7 cm³/mol. The van der Waals surface area contributed by atoms with Crippen molar-refractivity contribution in [2.75, 3.05) is 5.32 Å². The van der Waals surface area contributed by atoms with Crippen LogP contribution < -0.4 is 10.6 Å². The summed E-state index contributed by atoms with van der Waals surface area (Å²) < 4.78 is 0. The molecule has 0 unspecified atom stereocenters. The van der Waals surface area contributed by atoms with E-state index in [1.807, 2.05) is 12.1 Å². The van der Waals surface area contributed by atoms with Crippen molar-refractivity contribution >= 4 is 11.6 Å². The lowest BCUT2D eigenvalue weighted by molar-refractivity contribution is -0.114. The number of nitrogens with one attached hydrogen (secondary N) is 2. The largest absolute Gasteiger partial charge is 0.326 e. The maximum absolute atomic E-state index is 11.0. The number of aryl methyl sites for hydroxylation is 1. The van der Waals surface area contributed by atoms with Crippen LogP contribution in [0, 0.1) is 0 Å². The van der Waals surface area contributed by atoms with Crippen molar-refractivity contribution in [3.05, 3.63) is 65.2 Å². The summed E-state index contributed by atoms with van der Waals surface area (Å²) in [6, 6.07) is 17.2. The van der Waals surface area contributed by atoms with E-state index in [4.69, 9.17) is 0 Å². The van der Waals surface area contributed by atoms with Gasteiger partial charge in [-0.3, -0.25) is 4.79 Å². The molecule has 1 amide bonds. The molecule has 0 saturated carbocycles. The van der Waals surface area contributed by atoms with Gasteiger partial charge in [0.1, 0.15) is 0 Å². The van der Waals surface area contributed by atoms with E-state index in [1.54, 1.807) is 0 Å². The van der Waals surface area contributed by atoms with Crippen LogP contribution in [0.15, 0.2) is 48.5 Å². The molecule has 0 aliphatic heterocycles. The Morgan fingerprint density at radius 1 is 1.14 bits per heavy atom. The molecular formula is C19H22N2O. The van der Waals surface area contributed by atoms with E-state index in [-0.39, 0.29) is 5.91 Å². The van der Waals surface area contributed by atoms with Crippen molar-refractivity contribution in [3.8, 4) is 0 Å². The lowest BCUT2D eigenvalue weighted by atomic mass is 9.87. The van der Waals surface area contributed by atoms with Gasteiger partial charge in [-0.15, -0.1) is 0 Å². The molecule has 22 heavy (non-hydrogen) atoms. The van der Waals surface area contributed by atoms with Crippen molar-refractivity contribution in [2.45, 2.75) is 38.8 Å². The van der Waals surface area contributed by atoms with E-state index in [2.05, 4.69) is 47.0 Å². The highest BCUT2D eigenvalue weighted by Crippen LogP contribution is 2.29. The van der Waals surface area contributed by atoms with Crippen molar-refractivity contribution in [1.29, 1.82) is 0 Å². The summed E-state index contributed by atoms with van der Waals surface area (Å²) in [6.07, 6.45) is 3.64. The summed E-state index contributed by atoms with van der Waals surface area (Å²) in [7, 11) is 0. The van der Waals surface area contributed by atoms with Crippen molar-refractivity contribution in [2.24, 2.45) is 0 Å². The molecule has 1 atom stereocenters. The molecule has 0 bridgehead atoms. The Bertz CT molecular complexity index is 649. The molecule has 1 aliphatic carbocycles. The van der Waals surface area contributed by atoms with E-state index in [0.29, 0.717) is 6.04 Å². The molecule has 0 aromatic heterocycles. The van der Waals surface area contributed by atoms with E-state index < -0.39 is 0 Å². The molecule has 3 nitrogen and oxygen atoms in total. The minimum absolute atomic E-state index is 0.0373. The minimum Gasteiger partial charge on any atom is -0.326 e. The van der Waals surface area contributed by atoms with Gasteiger partial charge >= 0.3 is 0 Å². The number of carbonyl (C=O) groups is 1. The first-order valence-electron chi connectivity index (χ1n) is 7.90. The molecule has 1 aliphatic rings. The van der Waals surface area contributed by atoms with Crippen LogP contribution in [-0.2, 0) is 17.8 Å². The summed E-state index contributed by atoms with van der Waals surface area (Å²) in [4.78, 5) is 11.0. The summed E-state index contributed by atoms with van der Waals surface area (Å²) in [5.74, 6) is -0.0373. The molecule has 2 aromatic carbocycles. The van der Waals surface area contributed by atoms with Crippen LogP contribution in [0.4, 0.5) is 5.69 Å². The Balaban J connectivity index is 1.62. The zero-order valence-electron chi connectivity index (χ0n) is 12.9. The third-order valence-electron chi connectivity index (χ3n) is 4.20. The third-order valence-corrected chi connectivity index (χ3v) is 4.20. The first-order valence-corrected chi connectivity index (χ1v) is 7.90.